The Labute approximate surface area is 152 Å². The van der Waals surface area contributed by atoms with Gasteiger partial charge in [0.15, 0.2) is 0 Å². The van der Waals surface area contributed by atoms with E-state index in [-0.39, 0.29) is 17.7 Å². The molecule has 2 N–H and O–H groups in total. The van der Waals surface area contributed by atoms with Gasteiger partial charge < -0.3 is 15.4 Å². The average molecular weight is 361 g/mol. The third-order valence-corrected chi connectivity index (χ3v) is 4.38. The van der Waals surface area contributed by atoms with Gasteiger partial charge in [-0.2, -0.15) is 0 Å². The van der Waals surface area contributed by atoms with Crippen molar-refractivity contribution < 1.29 is 9.53 Å². The topological polar surface area (TPSA) is 76.1 Å². The van der Waals surface area contributed by atoms with Crippen molar-refractivity contribution in [2.45, 2.75) is 32.8 Å². The molecule has 1 saturated heterocycles. The van der Waals surface area contributed by atoms with Gasteiger partial charge in [0.2, 0.25) is 0 Å². The predicted molar refractivity (Wildman–Crippen MR) is 97.5 cm³/mol. The molecule has 0 bridgehead atoms. The number of anilines is 2. The molecule has 25 heavy (non-hydrogen) atoms. The first-order valence-corrected chi connectivity index (χ1v) is 8.66. The Morgan fingerprint density at radius 2 is 2.16 bits per heavy atom. The molecule has 1 aromatic carbocycles. The van der Waals surface area contributed by atoms with Gasteiger partial charge in [-0.05, 0) is 43.9 Å². The number of carbonyl (C=O) groups excluding carboxylic acids is 1. The molecule has 3 rings (SSSR count). The number of rotatable bonds is 5. The van der Waals surface area contributed by atoms with Crippen molar-refractivity contribution in [1.29, 1.82) is 0 Å². The summed E-state index contributed by atoms with van der Waals surface area (Å²) in [7, 11) is 0. The van der Waals surface area contributed by atoms with E-state index in [1.807, 2.05) is 26.0 Å². The van der Waals surface area contributed by atoms with Crippen molar-refractivity contribution in [2.75, 3.05) is 18.5 Å². The lowest BCUT2D eigenvalue weighted by Crippen LogP contribution is -2.32. The Balaban J connectivity index is 1.63. The van der Waals surface area contributed by atoms with Crippen molar-refractivity contribution in [1.82, 2.24) is 15.3 Å². The molecule has 0 saturated carbocycles. The van der Waals surface area contributed by atoms with Crippen LogP contribution in [-0.2, 0) is 4.74 Å². The van der Waals surface area contributed by atoms with Gasteiger partial charge in [0.1, 0.15) is 11.5 Å². The monoisotopic (exact) mass is 360 g/mol. The number of ether oxygens (including phenoxy) is 1. The number of aromatic nitrogens is 2. The molecule has 1 aromatic heterocycles. The minimum Gasteiger partial charge on any atom is -0.376 e. The molecule has 1 atom stereocenters. The summed E-state index contributed by atoms with van der Waals surface area (Å²) in [5.74, 6) is 0.281. The van der Waals surface area contributed by atoms with Gasteiger partial charge >= 0.3 is 0 Å². The maximum atomic E-state index is 12.1. The highest BCUT2D eigenvalue weighted by atomic mass is 35.5. The molecule has 1 fully saturated rings. The van der Waals surface area contributed by atoms with Gasteiger partial charge in [0.25, 0.3) is 5.91 Å². The van der Waals surface area contributed by atoms with Gasteiger partial charge in [-0.15, -0.1) is 0 Å². The quantitative estimate of drug-likeness (QED) is 0.854. The molecule has 6 nitrogen and oxygen atoms in total. The van der Waals surface area contributed by atoms with Crippen LogP contribution in [0.3, 0.4) is 0 Å². The molecular formula is C18H21ClN4O2. The number of benzene rings is 1. The summed E-state index contributed by atoms with van der Waals surface area (Å²) in [5.41, 5.74) is 3.18. The van der Waals surface area contributed by atoms with E-state index in [9.17, 15) is 4.79 Å². The standard InChI is InChI=1S/C18H21ClN4O2/c1-11-6-12(2)17(14(19)7-11)23-16-10-20-15(9-21-16)18(24)22-8-13-4-3-5-25-13/h6-7,9-10,13H,3-5,8H2,1-2H3,(H,21,23)(H,22,24). The van der Waals surface area contributed by atoms with Crippen molar-refractivity contribution in [3.05, 3.63) is 46.4 Å². The fourth-order valence-electron chi connectivity index (χ4n) is 2.81. The smallest absolute Gasteiger partial charge is 0.271 e. The molecule has 1 amide bonds. The molecule has 0 radical (unpaired) electrons. The number of aryl methyl sites for hydroxylation is 2. The van der Waals surface area contributed by atoms with E-state index in [1.54, 1.807) is 0 Å². The highest BCUT2D eigenvalue weighted by Crippen LogP contribution is 2.29. The predicted octanol–water partition coefficient (Wildman–Crippen LogP) is 3.40. The number of carbonyl (C=O) groups is 1. The second-order valence-electron chi connectivity index (χ2n) is 6.20. The second kappa shape index (κ2) is 7.80. The van der Waals surface area contributed by atoms with E-state index in [4.69, 9.17) is 16.3 Å². The summed E-state index contributed by atoms with van der Waals surface area (Å²) in [6, 6.07) is 3.92. The lowest BCUT2D eigenvalue weighted by atomic mass is 10.1. The number of nitrogens with zero attached hydrogens (tertiary/aromatic N) is 2. The normalized spacial score (nSPS) is 16.7. The van der Waals surface area contributed by atoms with Gasteiger partial charge in [-0.25, -0.2) is 9.97 Å². The van der Waals surface area contributed by atoms with E-state index in [1.165, 1.54) is 12.4 Å². The fraction of sp³-hybridized carbons (Fsp3) is 0.389. The van der Waals surface area contributed by atoms with Crippen LogP contribution in [0.5, 0.6) is 0 Å². The van der Waals surface area contributed by atoms with Gasteiger partial charge in [0.05, 0.1) is 29.2 Å². The van der Waals surface area contributed by atoms with Crippen LogP contribution in [0.1, 0.15) is 34.5 Å². The third-order valence-electron chi connectivity index (χ3n) is 4.08. The van der Waals surface area contributed by atoms with Crippen LogP contribution in [0, 0.1) is 13.8 Å². The largest absolute Gasteiger partial charge is 0.376 e. The Hall–Kier alpha value is -2.18. The van der Waals surface area contributed by atoms with Crippen LogP contribution in [0.15, 0.2) is 24.5 Å². The molecule has 1 aliphatic heterocycles. The van der Waals surface area contributed by atoms with Crippen LogP contribution in [0.25, 0.3) is 0 Å². The van der Waals surface area contributed by atoms with Crippen LogP contribution in [0.4, 0.5) is 11.5 Å². The van der Waals surface area contributed by atoms with E-state index < -0.39 is 0 Å². The van der Waals surface area contributed by atoms with Crippen LogP contribution >= 0.6 is 11.6 Å². The van der Waals surface area contributed by atoms with Gasteiger partial charge in [-0.3, -0.25) is 4.79 Å². The summed E-state index contributed by atoms with van der Waals surface area (Å²) < 4.78 is 5.48. The number of halogens is 1. The van der Waals surface area contributed by atoms with E-state index in [0.29, 0.717) is 17.4 Å². The third kappa shape index (κ3) is 4.46. The SMILES string of the molecule is Cc1cc(C)c(Nc2cnc(C(=O)NCC3CCCO3)cn2)c(Cl)c1. The van der Waals surface area contributed by atoms with E-state index in [2.05, 4.69) is 20.6 Å². The van der Waals surface area contributed by atoms with Gasteiger partial charge in [0, 0.05) is 13.2 Å². The Bertz CT molecular complexity index is 735. The van der Waals surface area contributed by atoms with Gasteiger partial charge in [-0.1, -0.05) is 17.7 Å². The molecule has 1 aliphatic rings. The molecule has 7 heteroatoms. The van der Waals surface area contributed by atoms with Crippen LogP contribution in [-0.4, -0.2) is 35.1 Å². The summed E-state index contributed by atoms with van der Waals surface area (Å²) >= 11 is 6.28. The fourth-order valence-corrected chi connectivity index (χ4v) is 3.18. The number of hydrogen-bond donors (Lipinski definition) is 2. The molecular weight excluding hydrogens is 340 g/mol. The highest BCUT2D eigenvalue weighted by molar-refractivity contribution is 6.33. The molecule has 1 unspecified atom stereocenters. The minimum atomic E-state index is -0.251. The Morgan fingerprint density at radius 3 is 2.80 bits per heavy atom. The average Bonchev–Trinajstić information content (AvgIpc) is 3.10. The molecule has 0 spiro atoms. The van der Waals surface area contributed by atoms with E-state index in [0.717, 1.165) is 36.3 Å². The number of amides is 1. The maximum absolute atomic E-state index is 12.1. The van der Waals surface area contributed by atoms with Crippen molar-refractivity contribution in [3.63, 3.8) is 0 Å². The van der Waals surface area contributed by atoms with Crippen molar-refractivity contribution in [2.24, 2.45) is 0 Å². The summed E-state index contributed by atoms with van der Waals surface area (Å²) in [6.45, 7) is 5.23. The summed E-state index contributed by atoms with van der Waals surface area (Å²) in [6.07, 6.45) is 5.10. The first-order valence-electron chi connectivity index (χ1n) is 8.28. The number of hydrogen-bond acceptors (Lipinski definition) is 5. The maximum Gasteiger partial charge on any atom is 0.271 e. The molecule has 2 aromatic rings. The zero-order valence-electron chi connectivity index (χ0n) is 14.3. The van der Waals surface area contributed by atoms with Crippen LogP contribution in [0.2, 0.25) is 5.02 Å². The van der Waals surface area contributed by atoms with E-state index >= 15 is 0 Å². The number of nitrogens with one attached hydrogen (secondary N) is 2. The molecule has 2 heterocycles. The lowest BCUT2D eigenvalue weighted by molar-refractivity contribution is 0.0853. The minimum absolute atomic E-state index is 0.101. The summed E-state index contributed by atoms with van der Waals surface area (Å²) in [4.78, 5) is 20.5. The lowest BCUT2D eigenvalue weighted by Gasteiger charge is -2.12. The Morgan fingerprint density at radius 1 is 1.32 bits per heavy atom. The zero-order valence-corrected chi connectivity index (χ0v) is 15.1. The highest BCUT2D eigenvalue weighted by Gasteiger charge is 2.17. The first-order chi connectivity index (χ1) is 12.0. The van der Waals surface area contributed by atoms with Crippen LogP contribution < -0.4 is 10.6 Å². The summed E-state index contributed by atoms with van der Waals surface area (Å²) in [5, 5.41) is 6.60. The van der Waals surface area contributed by atoms with Crippen molar-refractivity contribution in [3.8, 4) is 0 Å². The second-order valence-corrected chi connectivity index (χ2v) is 6.60. The Kier molecular flexibility index (Phi) is 5.50. The molecule has 132 valence electrons. The van der Waals surface area contributed by atoms with Crippen molar-refractivity contribution >= 4 is 29.0 Å². The zero-order chi connectivity index (χ0) is 17.8. The molecule has 0 aliphatic carbocycles. The first kappa shape index (κ1) is 17.6.